The van der Waals surface area contributed by atoms with Crippen molar-refractivity contribution < 1.29 is 56.6 Å². The van der Waals surface area contributed by atoms with E-state index < -0.39 is 79.7 Å². The molecule has 42 heavy (non-hydrogen) atoms. The van der Waals surface area contributed by atoms with Gasteiger partial charge in [-0.05, 0) is 53.2 Å². The number of anilines is 1. The Balaban J connectivity index is 1.85. The summed E-state index contributed by atoms with van der Waals surface area (Å²) in [5.41, 5.74) is 4.59. The summed E-state index contributed by atoms with van der Waals surface area (Å²) >= 11 is 0. The molecule has 4 aromatic rings. The molecule has 4 aromatic carbocycles. The van der Waals surface area contributed by atoms with E-state index in [1.165, 1.54) is 24.3 Å². The van der Waals surface area contributed by atoms with Gasteiger partial charge in [0.25, 0.3) is 20.2 Å². The number of benzene rings is 4. The Labute approximate surface area is 238 Å². The molecule has 6 N–H and O–H groups in total. The third-order valence-corrected chi connectivity index (χ3v) is 9.69. The largest absolute Gasteiger partial charge is 0.505 e. The van der Waals surface area contributed by atoms with Crippen LogP contribution in [0, 0.1) is 0 Å². The molecule has 0 bridgehead atoms. The van der Waals surface area contributed by atoms with E-state index in [1.807, 2.05) is 0 Å². The number of aromatic hydroxyl groups is 1. The van der Waals surface area contributed by atoms with E-state index in [9.17, 15) is 47.9 Å². The van der Waals surface area contributed by atoms with Crippen molar-refractivity contribution in [2.24, 2.45) is 10.2 Å². The van der Waals surface area contributed by atoms with Crippen LogP contribution in [0.25, 0.3) is 21.5 Å². The second-order valence-corrected chi connectivity index (χ2v) is 14.5. The van der Waals surface area contributed by atoms with Gasteiger partial charge in [-0.15, -0.1) is 10.2 Å². The average molecular weight is 662 g/mol. The third kappa shape index (κ3) is 6.65. The molecule has 0 heterocycles. The van der Waals surface area contributed by atoms with Crippen LogP contribution in [0.15, 0.2) is 79.5 Å². The molecular weight excluding hydrogens is 643 g/mol. The lowest BCUT2D eigenvalue weighted by Crippen LogP contribution is -2.15. The predicted molar refractivity (Wildman–Crippen MR) is 147 cm³/mol. The zero-order chi connectivity index (χ0) is 31.3. The highest BCUT2D eigenvalue weighted by Crippen LogP contribution is 2.43. The van der Waals surface area contributed by atoms with Crippen LogP contribution in [0.2, 0.25) is 0 Å². The number of rotatable bonds is 9. The number of fused-ring (bicyclic) bond motifs is 2. The maximum atomic E-state index is 12.6. The summed E-state index contributed by atoms with van der Waals surface area (Å²) in [7, 11) is -19.2. The maximum absolute atomic E-state index is 12.6. The van der Waals surface area contributed by atoms with E-state index in [0.717, 1.165) is 30.3 Å². The number of hydrogen-bond donors (Lipinski definition) is 5. The highest BCUT2D eigenvalue weighted by Gasteiger charge is 2.25. The lowest BCUT2D eigenvalue weighted by atomic mass is 10.1. The zero-order valence-electron chi connectivity index (χ0n) is 20.7. The van der Waals surface area contributed by atoms with Crippen molar-refractivity contribution >= 4 is 79.1 Å². The molecule has 0 spiro atoms. The average Bonchev–Trinajstić information content (AvgIpc) is 2.85. The summed E-state index contributed by atoms with van der Waals surface area (Å²) in [4.78, 5) is -2.13. The molecule has 4 rings (SSSR count). The van der Waals surface area contributed by atoms with Gasteiger partial charge in [-0.2, -0.15) is 25.3 Å². The van der Waals surface area contributed by atoms with Gasteiger partial charge in [0.05, 0.1) is 17.3 Å². The fraction of sp³-hybridized carbons (Fsp3) is 0.0909. The van der Waals surface area contributed by atoms with E-state index in [4.69, 9.17) is 10.3 Å². The van der Waals surface area contributed by atoms with Gasteiger partial charge in [-0.1, -0.05) is 12.1 Å². The minimum atomic E-state index is -5.09. The Kier molecular flexibility index (Phi) is 8.03. The SMILES string of the molecule is Nc1ccc2c(O)c(N=Nc3ccc4cc(S(=O)(=O)CCOS(=O)(=O)O)ccc4c3S(=O)(=O)O)c(S(=O)(=O)O)cc2c1. The van der Waals surface area contributed by atoms with E-state index in [1.54, 1.807) is 0 Å². The standard InChI is InChI=1S/C22H19N3O13S4/c23-14-2-4-16-13(9-14)11-19(40(29,30)31)20(21(16)26)25-24-18-6-1-12-10-15(3-5-17(12)22(18)41(32,33)34)39(27,28)8-7-38-42(35,36)37/h1-6,9-11,26H,7-8,23H2,(H,29,30,31)(H,32,33,34)(H,35,36,37). The molecular formula is C22H19N3O13S4. The molecule has 20 heteroatoms. The molecule has 0 atom stereocenters. The van der Waals surface area contributed by atoms with Crippen LogP contribution in [0.4, 0.5) is 17.1 Å². The van der Waals surface area contributed by atoms with Gasteiger partial charge in [-0.3, -0.25) is 13.7 Å². The Hall–Kier alpha value is -3.76. The van der Waals surface area contributed by atoms with E-state index in [2.05, 4.69) is 14.4 Å². The minimum Gasteiger partial charge on any atom is -0.505 e. The first-order chi connectivity index (χ1) is 19.3. The van der Waals surface area contributed by atoms with Crippen molar-refractivity contribution in [1.29, 1.82) is 0 Å². The van der Waals surface area contributed by atoms with Crippen LogP contribution in [0.5, 0.6) is 5.75 Å². The number of phenols is 1. The molecule has 0 amide bonds. The van der Waals surface area contributed by atoms with Crippen LogP contribution in [-0.2, 0) is 44.7 Å². The fourth-order valence-corrected chi connectivity index (χ4v) is 6.96. The molecule has 0 saturated carbocycles. The molecule has 0 aromatic heterocycles. The number of nitrogens with zero attached hydrogens (tertiary/aromatic N) is 2. The summed E-state index contributed by atoms with van der Waals surface area (Å²) in [5, 5.41) is 18.0. The normalized spacial score (nSPS) is 13.3. The zero-order valence-corrected chi connectivity index (χ0v) is 23.9. The van der Waals surface area contributed by atoms with Crippen LogP contribution in [0.3, 0.4) is 0 Å². The number of azo groups is 1. The summed E-state index contributed by atoms with van der Waals surface area (Å²) < 4.78 is 128. The summed E-state index contributed by atoms with van der Waals surface area (Å²) in [6.45, 7) is -0.907. The van der Waals surface area contributed by atoms with E-state index in [-0.39, 0.29) is 32.1 Å². The monoisotopic (exact) mass is 661 g/mol. The van der Waals surface area contributed by atoms with E-state index >= 15 is 0 Å². The Bertz CT molecular complexity index is 2230. The molecule has 0 fully saturated rings. The van der Waals surface area contributed by atoms with Crippen LogP contribution >= 0.6 is 0 Å². The molecule has 0 aliphatic rings. The molecule has 16 nitrogen and oxygen atoms in total. The van der Waals surface area contributed by atoms with Crippen molar-refractivity contribution in [2.75, 3.05) is 18.1 Å². The lowest BCUT2D eigenvalue weighted by Gasteiger charge is -2.11. The maximum Gasteiger partial charge on any atom is 0.397 e. The Morgan fingerprint density at radius 2 is 1.40 bits per heavy atom. The second-order valence-electron chi connectivity index (χ2n) is 8.57. The Morgan fingerprint density at radius 1 is 0.738 bits per heavy atom. The quantitative estimate of drug-likeness (QED) is 0.0980. The summed E-state index contributed by atoms with van der Waals surface area (Å²) in [6, 6.07) is 10.2. The van der Waals surface area contributed by atoms with Crippen molar-refractivity contribution in [2.45, 2.75) is 14.7 Å². The fourth-order valence-electron chi connectivity index (χ4n) is 3.95. The van der Waals surface area contributed by atoms with Crippen molar-refractivity contribution in [3.05, 3.63) is 54.6 Å². The van der Waals surface area contributed by atoms with Crippen molar-refractivity contribution in [1.82, 2.24) is 0 Å². The first kappa shape index (κ1) is 31.2. The van der Waals surface area contributed by atoms with Crippen LogP contribution in [0.1, 0.15) is 0 Å². The van der Waals surface area contributed by atoms with Gasteiger partial charge in [0.1, 0.15) is 21.2 Å². The molecule has 0 radical (unpaired) electrons. The predicted octanol–water partition coefficient (Wildman–Crippen LogP) is 2.78. The van der Waals surface area contributed by atoms with Crippen LogP contribution < -0.4 is 5.73 Å². The van der Waals surface area contributed by atoms with Gasteiger partial charge >= 0.3 is 10.4 Å². The van der Waals surface area contributed by atoms with Gasteiger partial charge < -0.3 is 10.8 Å². The van der Waals surface area contributed by atoms with Crippen LogP contribution in [-0.4, -0.2) is 64.8 Å². The number of phenolic OH excluding ortho intramolecular Hbond substituents is 1. The first-order valence-electron chi connectivity index (χ1n) is 11.1. The van der Waals surface area contributed by atoms with Crippen molar-refractivity contribution in [3.63, 3.8) is 0 Å². The number of sulfone groups is 1. The number of nitrogens with two attached hydrogens (primary N) is 1. The number of nitrogen functional groups attached to an aromatic ring is 1. The highest BCUT2D eigenvalue weighted by molar-refractivity contribution is 7.91. The van der Waals surface area contributed by atoms with Gasteiger partial charge in [0, 0.05) is 16.5 Å². The van der Waals surface area contributed by atoms with Gasteiger partial charge in [0.2, 0.25) is 0 Å². The van der Waals surface area contributed by atoms with Crippen molar-refractivity contribution in [3.8, 4) is 5.75 Å². The summed E-state index contributed by atoms with van der Waals surface area (Å²) in [5.74, 6) is -1.61. The van der Waals surface area contributed by atoms with E-state index in [0.29, 0.717) is 0 Å². The molecule has 0 saturated heterocycles. The second kappa shape index (κ2) is 10.8. The smallest absolute Gasteiger partial charge is 0.397 e. The van der Waals surface area contributed by atoms with Gasteiger partial charge in [0.15, 0.2) is 15.6 Å². The number of hydrogen-bond acceptors (Lipinski definition) is 13. The third-order valence-electron chi connectivity index (χ3n) is 5.73. The summed E-state index contributed by atoms with van der Waals surface area (Å²) in [6.07, 6.45) is 0. The van der Waals surface area contributed by atoms with Gasteiger partial charge in [-0.25, -0.2) is 12.6 Å². The first-order valence-corrected chi connectivity index (χ1v) is 17.0. The molecule has 0 aliphatic carbocycles. The molecule has 0 unspecified atom stereocenters. The Morgan fingerprint density at radius 3 is 2.02 bits per heavy atom. The highest BCUT2D eigenvalue weighted by atomic mass is 32.3. The topological polar surface area (TPSA) is 277 Å². The minimum absolute atomic E-state index is 0.0388. The molecule has 224 valence electrons. The molecule has 0 aliphatic heterocycles. The lowest BCUT2D eigenvalue weighted by molar-refractivity contribution is 0.284.